The molecule has 1 fully saturated rings. The van der Waals surface area contributed by atoms with Gasteiger partial charge in [-0.05, 0) is 45.4 Å². The van der Waals surface area contributed by atoms with E-state index < -0.39 is 11.7 Å². The zero-order chi connectivity index (χ0) is 25.3. The molecular formula is C25H29N5O5. The minimum atomic E-state index is -0.623. The van der Waals surface area contributed by atoms with Gasteiger partial charge in [0.25, 0.3) is 5.91 Å². The number of aromatic nitrogens is 2. The van der Waals surface area contributed by atoms with E-state index in [2.05, 4.69) is 16.0 Å². The first-order valence-corrected chi connectivity index (χ1v) is 11.4. The second kappa shape index (κ2) is 9.50. The predicted octanol–water partition coefficient (Wildman–Crippen LogP) is 3.00. The SMILES string of the molecule is COC[C@@H]1C[C@@H](N2Cc3cnc(-c4cc(C#N)ccc4OC)nc3C2=O)CN1C(=O)OC(C)(C)C. The summed E-state index contributed by atoms with van der Waals surface area (Å²) in [7, 11) is 3.11. The number of carbonyl (C=O) groups excluding carboxylic acids is 2. The Morgan fingerprint density at radius 1 is 1.29 bits per heavy atom. The van der Waals surface area contributed by atoms with E-state index in [1.54, 1.807) is 41.3 Å². The first kappa shape index (κ1) is 24.4. The van der Waals surface area contributed by atoms with E-state index in [1.165, 1.54) is 7.11 Å². The topological polar surface area (TPSA) is 118 Å². The Bertz CT molecular complexity index is 1190. The van der Waals surface area contributed by atoms with Gasteiger partial charge in [-0.15, -0.1) is 0 Å². The molecule has 184 valence electrons. The Labute approximate surface area is 204 Å². The molecule has 2 amide bonds. The number of nitrogens with zero attached hydrogens (tertiary/aromatic N) is 5. The number of benzene rings is 1. The van der Waals surface area contributed by atoms with Gasteiger partial charge in [0.2, 0.25) is 0 Å². The molecule has 0 bridgehead atoms. The molecule has 0 spiro atoms. The summed E-state index contributed by atoms with van der Waals surface area (Å²) in [6.07, 6.45) is 1.80. The van der Waals surface area contributed by atoms with Crippen LogP contribution in [-0.2, 0) is 16.0 Å². The lowest BCUT2D eigenvalue weighted by Crippen LogP contribution is -2.43. The van der Waals surface area contributed by atoms with E-state index in [1.807, 2.05) is 20.8 Å². The van der Waals surface area contributed by atoms with Crippen LogP contribution in [0.2, 0.25) is 0 Å². The van der Waals surface area contributed by atoms with Crippen molar-refractivity contribution in [3.63, 3.8) is 0 Å². The number of nitriles is 1. The molecular weight excluding hydrogens is 450 g/mol. The lowest BCUT2D eigenvalue weighted by Gasteiger charge is -2.28. The Hall–Kier alpha value is -3.71. The number of ether oxygens (including phenoxy) is 3. The van der Waals surface area contributed by atoms with Gasteiger partial charge >= 0.3 is 6.09 Å². The van der Waals surface area contributed by atoms with Crippen LogP contribution in [0, 0.1) is 11.3 Å². The highest BCUT2D eigenvalue weighted by molar-refractivity contribution is 5.97. The maximum atomic E-state index is 13.4. The first-order chi connectivity index (χ1) is 16.6. The van der Waals surface area contributed by atoms with Crippen LogP contribution in [0.15, 0.2) is 24.4 Å². The number of hydrogen-bond acceptors (Lipinski definition) is 8. The number of carbonyl (C=O) groups is 2. The van der Waals surface area contributed by atoms with Crippen LogP contribution < -0.4 is 4.74 Å². The van der Waals surface area contributed by atoms with Gasteiger partial charge in [0.15, 0.2) is 5.82 Å². The molecule has 4 rings (SSSR count). The molecule has 0 saturated carbocycles. The third-order valence-electron chi connectivity index (χ3n) is 6.06. The van der Waals surface area contributed by atoms with Crippen LogP contribution in [0.25, 0.3) is 11.4 Å². The maximum absolute atomic E-state index is 13.4. The summed E-state index contributed by atoms with van der Waals surface area (Å²) in [5.74, 6) is 0.607. The molecule has 2 aliphatic rings. The molecule has 0 unspecified atom stereocenters. The Kier molecular flexibility index (Phi) is 6.63. The standard InChI is InChI=1S/C25H29N5O5/c1-25(2,3)35-24(32)30-13-17(9-18(30)14-33-4)29-12-16-11-27-22(28-21(16)23(29)31)19-8-15(10-26)6-7-20(19)34-5/h6-8,11,17-18H,9,12-14H2,1-5H3/t17-,18+/m1/s1. The summed E-state index contributed by atoms with van der Waals surface area (Å²) in [6, 6.07) is 6.66. The Balaban J connectivity index is 1.58. The summed E-state index contributed by atoms with van der Waals surface area (Å²) >= 11 is 0. The number of likely N-dealkylation sites (tertiary alicyclic amines) is 1. The Morgan fingerprint density at radius 3 is 2.71 bits per heavy atom. The van der Waals surface area contributed by atoms with Gasteiger partial charge in [-0.25, -0.2) is 14.8 Å². The fourth-order valence-corrected chi connectivity index (χ4v) is 4.49. The highest BCUT2D eigenvalue weighted by Crippen LogP contribution is 2.33. The number of rotatable bonds is 5. The highest BCUT2D eigenvalue weighted by atomic mass is 16.6. The van der Waals surface area contributed by atoms with Crippen molar-refractivity contribution in [3.05, 3.63) is 41.2 Å². The van der Waals surface area contributed by atoms with Gasteiger partial charge in [0, 0.05) is 25.4 Å². The van der Waals surface area contributed by atoms with Gasteiger partial charge in [-0.2, -0.15) is 5.26 Å². The highest BCUT2D eigenvalue weighted by Gasteiger charge is 2.44. The molecule has 2 aromatic rings. The van der Waals surface area contributed by atoms with Crippen molar-refractivity contribution in [1.82, 2.24) is 19.8 Å². The molecule has 10 heteroatoms. The quantitative estimate of drug-likeness (QED) is 0.642. The lowest BCUT2D eigenvalue weighted by atomic mass is 10.1. The van der Waals surface area contributed by atoms with Crippen molar-refractivity contribution in [2.24, 2.45) is 0 Å². The molecule has 35 heavy (non-hydrogen) atoms. The van der Waals surface area contributed by atoms with Gasteiger partial charge in [0.1, 0.15) is 17.0 Å². The van der Waals surface area contributed by atoms with Gasteiger partial charge in [-0.1, -0.05) is 0 Å². The van der Waals surface area contributed by atoms with Gasteiger partial charge < -0.3 is 24.0 Å². The third-order valence-corrected chi connectivity index (χ3v) is 6.06. The Morgan fingerprint density at radius 2 is 2.06 bits per heavy atom. The van der Waals surface area contributed by atoms with E-state index in [0.717, 1.165) is 0 Å². The van der Waals surface area contributed by atoms with Crippen molar-refractivity contribution >= 4 is 12.0 Å². The van der Waals surface area contributed by atoms with Crippen LogP contribution >= 0.6 is 0 Å². The summed E-state index contributed by atoms with van der Waals surface area (Å²) in [4.78, 5) is 38.6. The van der Waals surface area contributed by atoms with Gasteiger partial charge in [0.05, 0.1) is 49.5 Å². The second-order valence-electron chi connectivity index (χ2n) is 9.66. The van der Waals surface area contributed by atoms with Crippen molar-refractivity contribution in [2.75, 3.05) is 27.4 Å². The van der Waals surface area contributed by atoms with Crippen molar-refractivity contribution in [1.29, 1.82) is 5.26 Å². The van der Waals surface area contributed by atoms with E-state index >= 15 is 0 Å². The summed E-state index contributed by atoms with van der Waals surface area (Å²) in [5, 5.41) is 9.27. The molecule has 0 aliphatic carbocycles. The molecule has 2 atom stereocenters. The van der Waals surface area contributed by atoms with Gasteiger partial charge in [-0.3, -0.25) is 4.79 Å². The largest absolute Gasteiger partial charge is 0.496 e. The molecule has 0 N–H and O–H groups in total. The molecule has 3 heterocycles. The molecule has 1 aromatic carbocycles. The zero-order valence-electron chi connectivity index (χ0n) is 20.6. The molecule has 1 aromatic heterocycles. The van der Waals surface area contributed by atoms with Crippen LogP contribution in [0.3, 0.4) is 0 Å². The number of methoxy groups -OCH3 is 2. The lowest BCUT2D eigenvalue weighted by molar-refractivity contribution is 0.0140. The van der Waals surface area contributed by atoms with E-state index in [9.17, 15) is 14.9 Å². The number of amides is 2. The summed E-state index contributed by atoms with van der Waals surface area (Å²) < 4.78 is 16.3. The monoisotopic (exact) mass is 479 g/mol. The average Bonchev–Trinajstić information content (AvgIpc) is 3.38. The van der Waals surface area contributed by atoms with E-state index in [-0.39, 0.29) is 18.0 Å². The number of fused-ring (bicyclic) bond motifs is 1. The van der Waals surface area contributed by atoms with Crippen molar-refractivity contribution < 1.29 is 23.8 Å². The molecule has 2 aliphatic heterocycles. The average molecular weight is 480 g/mol. The third kappa shape index (κ3) is 4.91. The maximum Gasteiger partial charge on any atom is 0.410 e. The minimum absolute atomic E-state index is 0.198. The molecule has 10 nitrogen and oxygen atoms in total. The number of hydrogen-bond donors (Lipinski definition) is 0. The van der Waals surface area contributed by atoms with Crippen LogP contribution in [0.1, 0.15) is 48.8 Å². The van der Waals surface area contributed by atoms with E-state index in [0.29, 0.717) is 60.1 Å². The first-order valence-electron chi connectivity index (χ1n) is 11.4. The van der Waals surface area contributed by atoms with E-state index in [4.69, 9.17) is 14.2 Å². The zero-order valence-corrected chi connectivity index (χ0v) is 20.6. The van der Waals surface area contributed by atoms with Crippen molar-refractivity contribution in [3.8, 4) is 23.2 Å². The smallest absolute Gasteiger partial charge is 0.410 e. The molecule has 1 saturated heterocycles. The fraction of sp³-hybridized carbons (Fsp3) is 0.480. The second-order valence-corrected chi connectivity index (χ2v) is 9.66. The van der Waals surface area contributed by atoms with Crippen LogP contribution in [0.5, 0.6) is 5.75 Å². The summed E-state index contributed by atoms with van der Waals surface area (Å²) in [5.41, 5.74) is 1.39. The predicted molar refractivity (Wildman–Crippen MR) is 126 cm³/mol. The summed E-state index contributed by atoms with van der Waals surface area (Å²) in [6.45, 7) is 6.52. The van der Waals surface area contributed by atoms with Crippen LogP contribution in [0.4, 0.5) is 4.79 Å². The minimum Gasteiger partial charge on any atom is -0.496 e. The normalized spacial score (nSPS) is 19.5. The molecule has 0 radical (unpaired) electrons. The van der Waals surface area contributed by atoms with Crippen LogP contribution in [-0.4, -0.2) is 76.8 Å². The fourth-order valence-electron chi connectivity index (χ4n) is 4.49. The van der Waals surface area contributed by atoms with Crippen molar-refractivity contribution in [2.45, 2.75) is 51.4 Å².